The van der Waals surface area contributed by atoms with Crippen molar-refractivity contribution in [2.75, 3.05) is 5.73 Å². The van der Waals surface area contributed by atoms with Gasteiger partial charge in [-0.1, -0.05) is 29.8 Å². The normalized spacial score (nSPS) is 14.3. The number of nitrogen functional groups attached to an aromatic ring is 1. The molecule has 0 spiro atoms. The Morgan fingerprint density at radius 2 is 1.95 bits per heavy atom. The number of hydrogen-bond acceptors (Lipinski definition) is 3. The van der Waals surface area contributed by atoms with E-state index >= 15 is 0 Å². The number of aromatic nitrogens is 1. The maximum Gasteiger partial charge on any atom is 0.124 e. The first-order chi connectivity index (χ1) is 10.3. The van der Waals surface area contributed by atoms with Gasteiger partial charge >= 0.3 is 0 Å². The molecule has 2 aromatic heterocycles. The van der Waals surface area contributed by atoms with Crippen LogP contribution in [-0.4, -0.2) is 4.98 Å². The molecule has 4 rings (SSSR count). The number of nitrogens with two attached hydrogens (primary N) is 1. The fraction of sp³-hybridized carbons (Fsp3) is 0.235. The summed E-state index contributed by atoms with van der Waals surface area (Å²) in [6.45, 7) is 0. The van der Waals surface area contributed by atoms with Crippen LogP contribution in [0.5, 0.6) is 0 Å². The van der Waals surface area contributed by atoms with Crippen LogP contribution in [0.2, 0.25) is 5.02 Å². The monoisotopic (exact) mass is 314 g/mol. The van der Waals surface area contributed by atoms with Crippen LogP contribution in [0, 0.1) is 0 Å². The van der Waals surface area contributed by atoms with Gasteiger partial charge in [0, 0.05) is 26.4 Å². The predicted octanol–water partition coefficient (Wildman–Crippen LogP) is 5.08. The van der Waals surface area contributed by atoms with Crippen LogP contribution >= 0.6 is 22.9 Å². The van der Waals surface area contributed by atoms with Crippen molar-refractivity contribution in [3.05, 3.63) is 45.9 Å². The summed E-state index contributed by atoms with van der Waals surface area (Å²) in [5.74, 6) is 0. The average molecular weight is 315 g/mol. The Labute approximate surface area is 132 Å². The number of anilines is 1. The second kappa shape index (κ2) is 5.00. The Hall–Kier alpha value is -1.58. The van der Waals surface area contributed by atoms with Crippen LogP contribution in [-0.2, 0) is 12.8 Å². The molecule has 0 atom stereocenters. The van der Waals surface area contributed by atoms with Crippen LogP contribution in [0.25, 0.3) is 21.3 Å². The van der Waals surface area contributed by atoms with Gasteiger partial charge in [-0.25, -0.2) is 4.98 Å². The molecular formula is C17H15ClN2S. The van der Waals surface area contributed by atoms with Crippen molar-refractivity contribution in [1.29, 1.82) is 0 Å². The Balaban J connectivity index is 2.10. The lowest BCUT2D eigenvalue weighted by atomic mass is 9.92. The third-order valence-corrected chi connectivity index (χ3v) is 5.68. The summed E-state index contributed by atoms with van der Waals surface area (Å²) < 4.78 is 0. The van der Waals surface area contributed by atoms with Gasteiger partial charge in [-0.05, 0) is 37.3 Å². The highest BCUT2D eigenvalue weighted by Crippen LogP contribution is 2.44. The second-order valence-corrected chi connectivity index (χ2v) is 6.95. The van der Waals surface area contributed by atoms with E-state index in [0.717, 1.165) is 33.8 Å². The number of rotatable bonds is 1. The van der Waals surface area contributed by atoms with Gasteiger partial charge in [0.1, 0.15) is 4.83 Å². The number of hydrogen-bond donors (Lipinski definition) is 1. The van der Waals surface area contributed by atoms with Crippen LogP contribution in [0.4, 0.5) is 5.69 Å². The molecule has 21 heavy (non-hydrogen) atoms. The summed E-state index contributed by atoms with van der Waals surface area (Å²) in [6, 6.07) is 7.91. The molecule has 0 unspecified atom stereocenters. The second-order valence-electron chi connectivity index (χ2n) is 5.46. The van der Waals surface area contributed by atoms with E-state index in [4.69, 9.17) is 17.3 Å². The molecule has 2 nitrogen and oxygen atoms in total. The highest BCUT2D eigenvalue weighted by molar-refractivity contribution is 7.19. The minimum atomic E-state index is 0.710. The largest absolute Gasteiger partial charge is 0.397 e. The van der Waals surface area contributed by atoms with Gasteiger partial charge < -0.3 is 5.73 Å². The Morgan fingerprint density at radius 1 is 1.14 bits per heavy atom. The molecule has 0 amide bonds. The lowest BCUT2D eigenvalue weighted by Crippen LogP contribution is -2.00. The van der Waals surface area contributed by atoms with Crippen molar-refractivity contribution in [3.8, 4) is 11.1 Å². The lowest BCUT2D eigenvalue weighted by molar-refractivity contribution is 0.700. The van der Waals surface area contributed by atoms with Gasteiger partial charge in [0.05, 0.1) is 11.9 Å². The van der Waals surface area contributed by atoms with E-state index in [0.29, 0.717) is 5.69 Å². The zero-order valence-corrected chi connectivity index (χ0v) is 13.1. The van der Waals surface area contributed by atoms with Crippen LogP contribution < -0.4 is 5.73 Å². The molecule has 0 radical (unpaired) electrons. The van der Waals surface area contributed by atoms with Gasteiger partial charge in [0.25, 0.3) is 0 Å². The lowest BCUT2D eigenvalue weighted by Gasteiger charge is -2.14. The minimum absolute atomic E-state index is 0.710. The molecule has 2 heterocycles. The van der Waals surface area contributed by atoms with Crippen molar-refractivity contribution >= 4 is 38.8 Å². The van der Waals surface area contributed by atoms with E-state index in [1.54, 1.807) is 6.20 Å². The molecule has 3 aromatic rings. The van der Waals surface area contributed by atoms with E-state index < -0.39 is 0 Å². The predicted molar refractivity (Wildman–Crippen MR) is 91.1 cm³/mol. The summed E-state index contributed by atoms with van der Waals surface area (Å²) in [4.78, 5) is 7.12. The summed E-state index contributed by atoms with van der Waals surface area (Å²) in [5, 5.41) is 1.97. The topological polar surface area (TPSA) is 38.9 Å². The molecule has 2 N–H and O–H groups in total. The Kier molecular flexibility index (Phi) is 3.12. The zero-order chi connectivity index (χ0) is 14.4. The van der Waals surface area contributed by atoms with Crippen molar-refractivity contribution in [1.82, 2.24) is 4.98 Å². The number of pyridine rings is 1. The summed E-state index contributed by atoms with van der Waals surface area (Å²) in [6.07, 6.45) is 6.57. The molecule has 4 heteroatoms. The van der Waals surface area contributed by atoms with E-state index in [1.807, 2.05) is 35.6 Å². The Bertz CT molecular complexity index is 838. The summed E-state index contributed by atoms with van der Waals surface area (Å²) in [5.41, 5.74) is 10.5. The molecule has 1 aliphatic carbocycles. The first-order valence-electron chi connectivity index (χ1n) is 7.19. The Morgan fingerprint density at radius 3 is 2.81 bits per heavy atom. The molecule has 0 fully saturated rings. The smallest absolute Gasteiger partial charge is 0.124 e. The van der Waals surface area contributed by atoms with Crippen LogP contribution in [0.15, 0.2) is 30.5 Å². The number of halogens is 1. The quantitative estimate of drug-likeness (QED) is 0.680. The van der Waals surface area contributed by atoms with E-state index in [9.17, 15) is 0 Å². The fourth-order valence-corrected chi connectivity index (χ4v) is 4.66. The van der Waals surface area contributed by atoms with Gasteiger partial charge in [-0.3, -0.25) is 0 Å². The molecule has 0 saturated heterocycles. The van der Waals surface area contributed by atoms with Crippen molar-refractivity contribution in [3.63, 3.8) is 0 Å². The number of aryl methyl sites for hydroxylation is 2. The molecule has 1 aromatic carbocycles. The van der Waals surface area contributed by atoms with E-state index in [2.05, 4.69) is 4.98 Å². The summed E-state index contributed by atoms with van der Waals surface area (Å²) >= 11 is 8.22. The number of nitrogens with zero attached hydrogens (tertiary/aromatic N) is 1. The van der Waals surface area contributed by atoms with Gasteiger partial charge in [-0.15, -0.1) is 11.3 Å². The maximum absolute atomic E-state index is 6.41. The van der Waals surface area contributed by atoms with Gasteiger partial charge in [-0.2, -0.15) is 0 Å². The summed E-state index contributed by atoms with van der Waals surface area (Å²) in [7, 11) is 0. The van der Waals surface area contributed by atoms with E-state index in [-0.39, 0.29) is 0 Å². The molecular weight excluding hydrogens is 300 g/mol. The molecule has 0 bridgehead atoms. The third-order valence-electron chi connectivity index (χ3n) is 4.16. The fourth-order valence-electron chi connectivity index (χ4n) is 3.19. The first-order valence-corrected chi connectivity index (χ1v) is 8.39. The zero-order valence-electron chi connectivity index (χ0n) is 11.5. The molecule has 1 aliphatic rings. The first kappa shape index (κ1) is 13.1. The standard InChI is InChI=1S/C17H15ClN2S/c18-12-7-3-1-5-10(12)15-13(19)9-20-17-16(15)11-6-2-4-8-14(11)21-17/h1,3,5,7,9H,2,4,6,8,19H2. The minimum Gasteiger partial charge on any atom is -0.397 e. The highest BCUT2D eigenvalue weighted by Gasteiger charge is 2.22. The number of thiophene rings is 1. The molecule has 0 saturated carbocycles. The van der Waals surface area contributed by atoms with Crippen molar-refractivity contribution in [2.45, 2.75) is 25.7 Å². The SMILES string of the molecule is Nc1cnc2sc3c(c2c1-c1ccccc1Cl)CCCC3. The maximum atomic E-state index is 6.41. The highest BCUT2D eigenvalue weighted by atomic mass is 35.5. The molecule has 0 aliphatic heterocycles. The van der Waals surface area contributed by atoms with Crippen molar-refractivity contribution in [2.24, 2.45) is 0 Å². The van der Waals surface area contributed by atoms with E-state index in [1.165, 1.54) is 28.7 Å². The number of benzene rings is 1. The third kappa shape index (κ3) is 2.03. The average Bonchev–Trinajstić information content (AvgIpc) is 2.87. The van der Waals surface area contributed by atoms with Gasteiger partial charge in [0.15, 0.2) is 0 Å². The molecule has 106 valence electrons. The van der Waals surface area contributed by atoms with Crippen LogP contribution in [0.3, 0.4) is 0 Å². The van der Waals surface area contributed by atoms with Crippen molar-refractivity contribution < 1.29 is 0 Å². The number of fused-ring (bicyclic) bond motifs is 3. The van der Waals surface area contributed by atoms with Crippen LogP contribution in [0.1, 0.15) is 23.3 Å². The van der Waals surface area contributed by atoms with Gasteiger partial charge in [0.2, 0.25) is 0 Å².